The lowest BCUT2D eigenvalue weighted by Gasteiger charge is -2.08. The molecule has 1 aromatic heterocycles. The molecule has 1 heterocycles. The third kappa shape index (κ3) is 2.93. The van der Waals surface area contributed by atoms with Crippen LogP contribution in [0.2, 0.25) is 0 Å². The van der Waals surface area contributed by atoms with Crippen molar-refractivity contribution in [3.63, 3.8) is 0 Å². The van der Waals surface area contributed by atoms with Crippen LogP contribution >= 0.6 is 11.6 Å². The third-order valence-electron chi connectivity index (χ3n) is 3.64. The van der Waals surface area contributed by atoms with Crippen LogP contribution in [0, 0.1) is 12.7 Å². The summed E-state index contributed by atoms with van der Waals surface area (Å²) >= 11 is 6.01. The fourth-order valence-electron chi connectivity index (χ4n) is 2.53. The van der Waals surface area contributed by atoms with Gasteiger partial charge in [-0.15, -0.1) is 11.6 Å². The van der Waals surface area contributed by atoms with Gasteiger partial charge in [-0.1, -0.05) is 18.2 Å². The van der Waals surface area contributed by atoms with E-state index in [0.29, 0.717) is 5.88 Å². The van der Waals surface area contributed by atoms with Crippen LogP contribution in [0.3, 0.4) is 0 Å². The highest BCUT2D eigenvalue weighted by molar-refractivity contribution is 6.16. The molecule has 108 valence electrons. The van der Waals surface area contributed by atoms with E-state index in [9.17, 15) is 4.39 Å². The summed E-state index contributed by atoms with van der Waals surface area (Å²) in [6, 6.07) is 12.9. The van der Waals surface area contributed by atoms with E-state index in [1.807, 2.05) is 12.1 Å². The maximum atomic E-state index is 12.9. The Bertz CT molecular complexity index is 762. The van der Waals surface area contributed by atoms with Gasteiger partial charge in [0.1, 0.15) is 11.6 Å². The SMILES string of the molecule is Cc1ccc2c(c1)nc(CCl)n2CCc1ccc(F)cc1. The fourth-order valence-corrected chi connectivity index (χ4v) is 2.74. The average molecular weight is 303 g/mol. The van der Waals surface area contributed by atoms with Crippen LogP contribution in [0.25, 0.3) is 11.0 Å². The van der Waals surface area contributed by atoms with Crippen molar-refractivity contribution in [1.29, 1.82) is 0 Å². The van der Waals surface area contributed by atoms with Crippen molar-refractivity contribution in [2.24, 2.45) is 0 Å². The summed E-state index contributed by atoms with van der Waals surface area (Å²) in [6.07, 6.45) is 0.823. The molecule has 3 aromatic rings. The molecule has 0 aliphatic heterocycles. The smallest absolute Gasteiger partial charge is 0.124 e. The molecular weight excluding hydrogens is 287 g/mol. The van der Waals surface area contributed by atoms with Crippen molar-refractivity contribution in [1.82, 2.24) is 9.55 Å². The number of halogens is 2. The summed E-state index contributed by atoms with van der Waals surface area (Å²) in [7, 11) is 0. The summed E-state index contributed by atoms with van der Waals surface area (Å²) in [5.41, 5.74) is 4.36. The number of fused-ring (bicyclic) bond motifs is 1. The minimum Gasteiger partial charge on any atom is -0.327 e. The van der Waals surface area contributed by atoms with Gasteiger partial charge >= 0.3 is 0 Å². The molecule has 0 aliphatic carbocycles. The maximum absolute atomic E-state index is 12.9. The van der Waals surface area contributed by atoms with Gasteiger partial charge in [0.2, 0.25) is 0 Å². The topological polar surface area (TPSA) is 17.8 Å². The quantitative estimate of drug-likeness (QED) is 0.650. The van der Waals surface area contributed by atoms with Crippen molar-refractivity contribution in [3.05, 3.63) is 65.2 Å². The lowest BCUT2D eigenvalue weighted by molar-refractivity contribution is 0.625. The molecule has 0 atom stereocenters. The number of hydrogen-bond acceptors (Lipinski definition) is 1. The molecule has 0 fully saturated rings. The predicted octanol–water partition coefficient (Wildman–Crippen LogP) is 4.47. The molecule has 0 bridgehead atoms. The molecule has 0 N–H and O–H groups in total. The molecule has 0 amide bonds. The van der Waals surface area contributed by atoms with Crippen LogP contribution in [0.15, 0.2) is 42.5 Å². The first-order valence-electron chi connectivity index (χ1n) is 6.93. The second kappa shape index (κ2) is 5.86. The molecule has 0 saturated carbocycles. The van der Waals surface area contributed by atoms with E-state index in [-0.39, 0.29) is 5.82 Å². The largest absolute Gasteiger partial charge is 0.327 e. The molecule has 4 heteroatoms. The molecule has 0 radical (unpaired) electrons. The van der Waals surface area contributed by atoms with Gasteiger partial charge in [-0.3, -0.25) is 0 Å². The first-order valence-corrected chi connectivity index (χ1v) is 7.47. The van der Waals surface area contributed by atoms with E-state index in [4.69, 9.17) is 11.6 Å². The molecule has 0 aliphatic rings. The number of alkyl halides is 1. The standard InChI is InChI=1S/C17H16ClFN2/c1-12-2-7-16-15(10-12)20-17(11-18)21(16)9-8-13-3-5-14(19)6-4-13/h2-7,10H,8-9,11H2,1H3. The van der Waals surface area contributed by atoms with Crippen LogP contribution in [0.1, 0.15) is 17.0 Å². The van der Waals surface area contributed by atoms with Gasteiger partial charge in [0.15, 0.2) is 0 Å². The van der Waals surface area contributed by atoms with Gasteiger partial charge in [0.05, 0.1) is 16.9 Å². The van der Waals surface area contributed by atoms with Crippen LogP contribution in [-0.2, 0) is 18.8 Å². The molecular formula is C17H16ClFN2. The summed E-state index contributed by atoms with van der Waals surface area (Å²) in [4.78, 5) is 4.59. The van der Waals surface area contributed by atoms with Gasteiger partial charge in [-0.2, -0.15) is 0 Å². The number of nitrogens with zero attached hydrogens (tertiary/aromatic N) is 2. The summed E-state index contributed by atoms with van der Waals surface area (Å²) < 4.78 is 15.1. The highest BCUT2D eigenvalue weighted by Crippen LogP contribution is 2.20. The number of aromatic nitrogens is 2. The molecule has 3 rings (SSSR count). The Kier molecular flexibility index (Phi) is 3.93. The highest BCUT2D eigenvalue weighted by Gasteiger charge is 2.10. The molecule has 2 aromatic carbocycles. The zero-order valence-corrected chi connectivity index (χ0v) is 12.6. The van der Waals surface area contributed by atoms with Gasteiger partial charge < -0.3 is 4.57 Å². The molecule has 0 saturated heterocycles. The monoisotopic (exact) mass is 302 g/mol. The van der Waals surface area contributed by atoms with Gasteiger partial charge in [-0.25, -0.2) is 9.37 Å². The predicted molar refractivity (Wildman–Crippen MR) is 84.1 cm³/mol. The summed E-state index contributed by atoms with van der Waals surface area (Å²) in [5, 5.41) is 0. The molecule has 2 nitrogen and oxygen atoms in total. The van der Waals surface area contributed by atoms with E-state index in [2.05, 4.69) is 34.7 Å². The van der Waals surface area contributed by atoms with Crippen molar-refractivity contribution in [3.8, 4) is 0 Å². The van der Waals surface area contributed by atoms with E-state index in [1.54, 1.807) is 0 Å². The fraction of sp³-hybridized carbons (Fsp3) is 0.235. The summed E-state index contributed by atoms with van der Waals surface area (Å²) in [6.45, 7) is 2.84. The van der Waals surface area contributed by atoms with Crippen LogP contribution in [0.5, 0.6) is 0 Å². The van der Waals surface area contributed by atoms with E-state index < -0.39 is 0 Å². The Hall–Kier alpha value is -1.87. The molecule has 0 unspecified atom stereocenters. The van der Waals surface area contributed by atoms with Crippen molar-refractivity contribution < 1.29 is 4.39 Å². The van der Waals surface area contributed by atoms with Crippen molar-refractivity contribution in [2.75, 3.05) is 0 Å². The van der Waals surface area contributed by atoms with Gasteiger partial charge in [0.25, 0.3) is 0 Å². The van der Waals surface area contributed by atoms with Crippen molar-refractivity contribution >= 4 is 22.6 Å². The van der Waals surface area contributed by atoms with Crippen LogP contribution in [0.4, 0.5) is 4.39 Å². The summed E-state index contributed by atoms with van der Waals surface area (Å²) in [5.74, 6) is 1.06. The first-order chi connectivity index (χ1) is 10.2. The van der Waals surface area contributed by atoms with E-state index in [1.165, 1.54) is 17.7 Å². The second-order valence-corrected chi connectivity index (χ2v) is 5.45. The van der Waals surface area contributed by atoms with Crippen molar-refractivity contribution in [2.45, 2.75) is 25.8 Å². The molecule has 21 heavy (non-hydrogen) atoms. The Morgan fingerprint density at radius 3 is 2.62 bits per heavy atom. The number of aryl methyl sites for hydroxylation is 3. The first kappa shape index (κ1) is 14.1. The lowest BCUT2D eigenvalue weighted by atomic mass is 10.1. The molecule has 0 spiro atoms. The van der Waals surface area contributed by atoms with Crippen LogP contribution in [-0.4, -0.2) is 9.55 Å². The number of imidazole rings is 1. The Morgan fingerprint density at radius 2 is 1.90 bits per heavy atom. The van der Waals surface area contributed by atoms with E-state index >= 15 is 0 Å². The maximum Gasteiger partial charge on any atom is 0.124 e. The Balaban J connectivity index is 1.90. The average Bonchev–Trinajstić information content (AvgIpc) is 2.83. The minimum absolute atomic E-state index is 0.205. The second-order valence-electron chi connectivity index (χ2n) is 5.18. The van der Waals surface area contributed by atoms with Crippen LogP contribution < -0.4 is 0 Å². The number of benzene rings is 2. The highest BCUT2D eigenvalue weighted by atomic mass is 35.5. The normalized spacial score (nSPS) is 11.2. The lowest BCUT2D eigenvalue weighted by Crippen LogP contribution is -2.05. The number of hydrogen-bond donors (Lipinski definition) is 0. The zero-order valence-electron chi connectivity index (χ0n) is 11.8. The third-order valence-corrected chi connectivity index (χ3v) is 3.88. The zero-order chi connectivity index (χ0) is 14.8. The van der Waals surface area contributed by atoms with Gasteiger partial charge in [-0.05, 0) is 48.7 Å². The Labute approximate surface area is 128 Å². The number of rotatable bonds is 4. The van der Waals surface area contributed by atoms with E-state index in [0.717, 1.165) is 35.4 Å². The Morgan fingerprint density at radius 1 is 1.14 bits per heavy atom. The van der Waals surface area contributed by atoms with Gasteiger partial charge in [0, 0.05) is 6.54 Å². The minimum atomic E-state index is -0.205.